The van der Waals surface area contributed by atoms with Crippen LogP contribution in [0.1, 0.15) is 24.5 Å². The van der Waals surface area contributed by atoms with Crippen molar-refractivity contribution in [1.82, 2.24) is 9.97 Å². The van der Waals surface area contributed by atoms with E-state index in [-0.39, 0.29) is 30.9 Å². The van der Waals surface area contributed by atoms with Gasteiger partial charge in [-0.1, -0.05) is 18.2 Å². The molecule has 0 atom stereocenters. The van der Waals surface area contributed by atoms with Gasteiger partial charge in [0.2, 0.25) is 5.95 Å². The van der Waals surface area contributed by atoms with Crippen molar-refractivity contribution >= 4 is 36.6 Å². The van der Waals surface area contributed by atoms with Gasteiger partial charge in [0.15, 0.2) is 0 Å². The molecule has 1 aliphatic rings. The summed E-state index contributed by atoms with van der Waals surface area (Å²) in [5, 5.41) is 3.22. The van der Waals surface area contributed by atoms with Gasteiger partial charge in [0.25, 0.3) is 0 Å². The number of rotatable bonds is 6. The highest BCUT2D eigenvalue weighted by atomic mass is 35.5. The van der Waals surface area contributed by atoms with Gasteiger partial charge < -0.3 is 21.5 Å². The molecule has 3 rings (SSSR count). The molecule has 0 radical (unpaired) electrons. The first-order valence-corrected chi connectivity index (χ1v) is 7.52. The molecule has 0 bridgehead atoms. The predicted octanol–water partition coefficient (Wildman–Crippen LogP) is 2.60. The van der Waals surface area contributed by atoms with E-state index in [9.17, 15) is 0 Å². The number of para-hydroxylation sites is 1. The quantitative estimate of drug-likeness (QED) is 0.674. The number of nitrogens with zero attached hydrogens (tertiary/aromatic N) is 2. The highest BCUT2D eigenvalue weighted by molar-refractivity contribution is 5.85. The standard InChI is InChI=1S/C16H21N5O.2ClH/c17-12-8-11(9-12)14-10-15(21-16(18)20-14)19-6-7-22-13-4-2-1-3-5-13;;/h1-5,10-12H,6-9,17H2,(H3,18,19,20,21);2*1H. The van der Waals surface area contributed by atoms with Crippen LogP contribution in [0.4, 0.5) is 11.8 Å². The first-order valence-electron chi connectivity index (χ1n) is 7.52. The number of nitrogen functional groups attached to an aromatic ring is 1. The number of hydrogen-bond acceptors (Lipinski definition) is 6. The molecule has 5 N–H and O–H groups in total. The lowest BCUT2D eigenvalue weighted by atomic mass is 9.78. The number of ether oxygens (including phenoxy) is 1. The third-order valence-electron chi connectivity index (χ3n) is 3.78. The van der Waals surface area contributed by atoms with Crippen LogP contribution in [0, 0.1) is 0 Å². The minimum Gasteiger partial charge on any atom is -0.492 e. The molecule has 0 saturated heterocycles. The van der Waals surface area contributed by atoms with Crippen molar-refractivity contribution in [3.05, 3.63) is 42.1 Å². The van der Waals surface area contributed by atoms with Crippen LogP contribution >= 0.6 is 24.8 Å². The zero-order valence-corrected chi connectivity index (χ0v) is 14.9. The SMILES string of the molecule is Cl.Cl.Nc1nc(NCCOc2ccccc2)cc(C2CC(N)C2)n1. The van der Waals surface area contributed by atoms with Gasteiger partial charge in [-0.2, -0.15) is 4.98 Å². The first kappa shape index (κ1) is 20.3. The van der Waals surface area contributed by atoms with Gasteiger partial charge in [0, 0.05) is 18.0 Å². The second-order valence-corrected chi connectivity index (χ2v) is 5.55. The van der Waals surface area contributed by atoms with E-state index < -0.39 is 0 Å². The van der Waals surface area contributed by atoms with Crippen LogP contribution in [-0.4, -0.2) is 29.2 Å². The van der Waals surface area contributed by atoms with Gasteiger partial charge in [-0.3, -0.25) is 0 Å². The Morgan fingerprint density at radius 3 is 2.50 bits per heavy atom. The van der Waals surface area contributed by atoms with E-state index >= 15 is 0 Å². The Hall–Kier alpha value is -1.76. The zero-order valence-electron chi connectivity index (χ0n) is 13.2. The van der Waals surface area contributed by atoms with Gasteiger partial charge in [0.1, 0.15) is 18.2 Å². The fourth-order valence-electron chi connectivity index (χ4n) is 2.55. The third kappa shape index (κ3) is 5.40. The number of hydrogen-bond donors (Lipinski definition) is 3. The molecule has 1 heterocycles. The van der Waals surface area contributed by atoms with Gasteiger partial charge in [-0.05, 0) is 25.0 Å². The zero-order chi connectivity index (χ0) is 15.4. The van der Waals surface area contributed by atoms with Crippen molar-refractivity contribution in [2.45, 2.75) is 24.8 Å². The summed E-state index contributed by atoms with van der Waals surface area (Å²) in [6.07, 6.45) is 1.93. The van der Waals surface area contributed by atoms with Crippen molar-refractivity contribution in [3.63, 3.8) is 0 Å². The minimum atomic E-state index is 0. The van der Waals surface area contributed by atoms with Gasteiger partial charge in [-0.15, -0.1) is 24.8 Å². The molecule has 8 heteroatoms. The Morgan fingerprint density at radius 2 is 1.83 bits per heavy atom. The van der Waals surface area contributed by atoms with Crippen LogP contribution < -0.4 is 21.5 Å². The van der Waals surface area contributed by atoms with E-state index in [0.29, 0.717) is 25.0 Å². The summed E-state index contributed by atoms with van der Waals surface area (Å²) < 4.78 is 5.63. The monoisotopic (exact) mass is 371 g/mol. The summed E-state index contributed by atoms with van der Waals surface area (Å²) >= 11 is 0. The van der Waals surface area contributed by atoms with Gasteiger partial charge in [0.05, 0.1) is 12.2 Å². The Kier molecular flexibility index (Phi) is 8.04. The van der Waals surface area contributed by atoms with Crippen molar-refractivity contribution in [1.29, 1.82) is 0 Å². The molecule has 24 heavy (non-hydrogen) atoms. The maximum Gasteiger partial charge on any atom is 0.222 e. The van der Waals surface area contributed by atoms with Crippen LogP contribution in [0.5, 0.6) is 5.75 Å². The number of aromatic nitrogens is 2. The molecular formula is C16H23Cl2N5O. The van der Waals surface area contributed by atoms with Gasteiger partial charge in [-0.25, -0.2) is 4.98 Å². The average molecular weight is 372 g/mol. The van der Waals surface area contributed by atoms with Crippen LogP contribution in [0.2, 0.25) is 0 Å². The van der Waals surface area contributed by atoms with E-state index in [0.717, 1.165) is 30.1 Å². The second-order valence-electron chi connectivity index (χ2n) is 5.55. The molecule has 1 aromatic carbocycles. The number of nitrogens with one attached hydrogen (secondary N) is 1. The van der Waals surface area contributed by atoms with E-state index in [2.05, 4.69) is 15.3 Å². The minimum absolute atomic E-state index is 0. The topological polar surface area (TPSA) is 99.1 Å². The summed E-state index contributed by atoms with van der Waals surface area (Å²) in [6.45, 7) is 1.20. The second kappa shape index (κ2) is 9.52. The fourth-order valence-corrected chi connectivity index (χ4v) is 2.55. The van der Waals surface area contributed by atoms with Crippen LogP contribution in [0.3, 0.4) is 0 Å². The van der Waals surface area contributed by atoms with E-state index in [1.165, 1.54) is 0 Å². The maximum absolute atomic E-state index is 5.83. The Morgan fingerprint density at radius 1 is 1.12 bits per heavy atom. The molecule has 1 fully saturated rings. The lowest BCUT2D eigenvalue weighted by Gasteiger charge is -2.32. The molecule has 132 valence electrons. The number of halogens is 2. The van der Waals surface area contributed by atoms with E-state index in [1.54, 1.807) is 0 Å². The van der Waals surface area contributed by atoms with E-state index in [1.807, 2.05) is 36.4 Å². The van der Waals surface area contributed by atoms with Crippen LogP contribution in [0.15, 0.2) is 36.4 Å². The fraction of sp³-hybridized carbons (Fsp3) is 0.375. The highest BCUT2D eigenvalue weighted by Crippen LogP contribution is 2.35. The molecule has 1 saturated carbocycles. The van der Waals surface area contributed by atoms with Crippen molar-refractivity contribution < 1.29 is 4.74 Å². The molecule has 1 aliphatic carbocycles. The van der Waals surface area contributed by atoms with Crippen molar-refractivity contribution in [2.24, 2.45) is 5.73 Å². The molecule has 6 nitrogen and oxygen atoms in total. The summed E-state index contributed by atoms with van der Waals surface area (Å²) in [5.74, 6) is 2.29. The molecular weight excluding hydrogens is 349 g/mol. The lowest BCUT2D eigenvalue weighted by Crippen LogP contribution is -2.35. The largest absolute Gasteiger partial charge is 0.492 e. The Balaban J connectivity index is 0.00000144. The molecule has 2 aromatic rings. The van der Waals surface area contributed by atoms with Crippen molar-refractivity contribution in [2.75, 3.05) is 24.2 Å². The lowest BCUT2D eigenvalue weighted by molar-refractivity contribution is 0.332. The van der Waals surface area contributed by atoms with E-state index in [4.69, 9.17) is 16.2 Å². The molecule has 1 aromatic heterocycles. The maximum atomic E-state index is 5.83. The average Bonchev–Trinajstić information content (AvgIpc) is 2.49. The molecule has 0 amide bonds. The molecule has 0 spiro atoms. The third-order valence-corrected chi connectivity index (χ3v) is 3.78. The predicted molar refractivity (Wildman–Crippen MR) is 101 cm³/mol. The summed E-state index contributed by atoms with van der Waals surface area (Å²) in [7, 11) is 0. The van der Waals surface area contributed by atoms with Crippen molar-refractivity contribution in [3.8, 4) is 5.75 Å². The summed E-state index contributed by atoms with van der Waals surface area (Å²) in [4.78, 5) is 8.51. The van der Waals surface area contributed by atoms with Crippen LogP contribution in [0.25, 0.3) is 0 Å². The Bertz CT molecular complexity index is 623. The highest BCUT2D eigenvalue weighted by Gasteiger charge is 2.29. The number of nitrogens with two attached hydrogens (primary N) is 2. The van der Waals surface area contributed by atoms with Crippen LogP contribution in [-0.2, 0) is 0 Å². The Labute approximate surface area is 154 Å². The molecule has 0 aliphatic heterocycles. The normalized spacial score (nSPS) is 18.5. The number of anilines is 2. The first-order chi connectivity index (χ1) is 10.7. The number of benzene rings is 1. The molecule has 0 unspecified atom stereocenters. The smallest absolute Gasteiger partial charge is 0.222 e. The summed E-state index contributed by atoms with van der Waals surface area (Å²) in [6, 6.07) is 12.0. The van der Waals surface area contributed by atoms with Gasteiger partial charge >= 0.3 is 0 Å². The summed E-state index contributed by atoms with van der Waals surface area (Å²) in [5.41, 5.74) is 12.6.